The van der Waals surface area contributed by atoms with Gasteiger partial charge in [-0.25, -0.2) is 9.97 Å². The van der Waals surface area contributed by atoms with Gasteiger partial charge in [0.25, 0.3) is 5.91 Å². The molecule has 2 aromatic heterocycles. The van der Waals surface area contributed by atoms with E-state index in [1.807, 2.05) is 48.7 Å². The van der Waals surface area contributed by atoms with Crippen LogP contribution in [-0.4, -0.2) is 34.2 Å². The molecule has 0 aliphatic rings. The van der Waals surface area contributed by atoms with Crippen LogP contribution >= 0.6 is 23.1 Å². The van der Waals surface area contributed by atoms with Crippen molar-refractivity contribution >= 4 is 45.2 Å². The molecular formula is C18H17N3O3S2. The molecule has 134 valence electrons. The number of thiophene rings is 1. The van der Waals surface area contributed by atoms with Crippen molar-refractivity contribution in [3.8, 4) is 0 Å². The average Bonchev–Trinajstić information content (AvgIpc) is 3.14. The van der Waals surface area contributed by atoms with Crippen LogP contribution in [0.15, 0.2) is 53.1 Å². The second-order valence-corrected chi connectivity index (χ2v) is 7.33. The Bertz CT molecular complexity index is 899. The highest BCUT2D eigenvalue weighted by molar-refractivity contribution is 8.00. The van der Waals surface area contributed by atoms with Crippen LogP contribution in [0.4, 0.5) is 0 Å². The number of carbonyl (C=O) groups excluding carboxylic acids is 2. The molecule has 0 radical (unpaired) electrons. The van der Waals surface area contributed by atoms with Crippen LogP contribution in [0, 0.1) is 0 Å². The van der Waals surface area contributed by atoms with Crippen molar-refractivity contribution in [3.05, 3.63) is 53.7 Å². The van der Waals surface area contributed by atoms with Gasteiger partial charge in [-0.1, -0.05) is 42.1 Å². The summed E-state index contributed by atoms with van der Waals surface area (Å²) in [5.74, 6) is -0.704. The van der Waals surface area contributed by atoms with E-state index in [4.69, 9.17) is 4.74 Å². The van der Waals surface area contributed by atoms with E-state index in [2.05, 4.69) is 15.3 Å². The molecule has 3 rings (SSSR count). The zero-order valence-corrected chi connectivity index (χ0v) is 15.7. The van der Waals surface area contributed by atoms with Crippen molar-refractivity contribution < 1.29 is 14.3 Å². The molecule has 8 heteroatoms. The lowest BCUT2D eigenvalue weighted by Gasteiger charge is -2.14. The number of hydrogen-bond donors (Lipinski definition) is 1. The fourth-order valence-electron chi connectivity index (χ4n) is 2.31. The van der Waals surface area contributed by atoms with Gasteiger partial charge >= 0.3 is 5.97 Å². The van der Waals surface area contributed by atoms with E-state index in [-0.39, 0.29) is 24.3 Å². The molecule has 1 amide bonds. The molecule has 1 aromatic carbocycles. The molecule has 0 bridgehead atoms. The summed E-state index contributed by atoms with van der Waals surface area (Å²) in [6.07, 6.45) is 1.48. The summed E-state index contributed by atoms with van der Waals surface area (Å²) in [7, 11) is 0. The number of rotatable bonds is 7. The van der Waals surface area contributed by atoms with Gasteiger partial charge in [-0.3, -0.25) is 9.59 Å². The van der Waals surface area contributed by atoms with Crippen LogP contribution in [-0.2, 0) is 14.3 Å². The molecule has 0 aliphatic carbocycles. The van der Waals surface area contributed by atoms with Crippen LogP contribution in [0.3, 0.4) is 0 Å². The third-order valence-electron chi connectivity index (χ3n) is 3.59. The molecule has 0 unspecified atom stereocenters. The quantitative estimate of drug-likeness (QED) is 0.381. The first-order chi connectivity index (χ1) is 12.6. The first-order valence-corrected chi connectivity index (χ1v) is 9.81. The summed E-state index contributed by atoms with van der Waals surface area (Å²) >= 11 is 2.79. The van der Waals surface area contributed by atoms with Gasteiger partial charge in [0.2, 0.25) is 0 Å². The Balaban J connectivity index is 1.44. The number of nitrogens with one attached hydrogen (secondary N) is 1. The predicted molar refractivity (Wildman–Crippen MR) is 102 cm³/mol. The van der Waals surface area contributed by atoms with Gasteiger partial charge in [0.15, 0.2) is 6.61 Å². The number of thioether (sulfide) groups is 1. The lowest BCUT2D eigenvalue weighted by Crippen LogP contribution is -2.31. The van der Waals surface area contributed by atoms with Crippen LogP contribution in [0.25, 0.3) is 10.2 Å². The number of hydrogen-bond acceptors (Lipinski definition) is 7. The number of aromatic nitrogens is 2. The maximum Gasteiger partial charge on any atom is 0.316 e. The maximum atomic E-state index is 11.9. The molecule has 1 N–H and O–H groups in total. The average molecular weight is 387 g/mol. The van der Waals surface area contributed by atoms with Crippen LogP contribution < -0.4 is 5.32 Å². The molecule has 0 spiro atoms. The van der Waals surface area contributed by atoms with Gasteiger partial charge < -0.3 is 10.1 Å². The van der Waals surface area contributed by atoms with Crippen molar-refractivity contribution in [2.45, 2.75) is 18.0 Å². The Hall–Kier alpha value is -2.45. The number of carbonyl (C=O) groups is 2. The summed E-state index contributed by atoms with van der Waals surface area (Å²) in [6, 6.07) is 11.4. The van der Waals surface area contributed by atoms with Crippen molar-refractivity contribution in [1.29, 1.82) is 0 Å². The molecule has 0 aliphatic heterocycles. The molecular weight excluding hydrogens is 370 g/mol. The molecule has 0 saturated heterocycles. The van der Waals surface area contributed by atoms with Crippen molar-refractivity contribution in [3.63, 3.8) is 0 Å². The summed E-state index contributed by atoms with van der Waals surface area (Å²) in [4.78, 5) is 33.1. The zero-order valence-electron chi connectivity index (χ0n) is 14.0. The van der Waals surface area contributed by atoms with E-state index in [1.54, 1.807) is 0 Å². The Morgan fingerprint density at radius 2 is 2.04 bits per heavy atom. The summed E-state index contributed by atoms with van der Waals surface area (Å²) in [5.41, 5.74) is 0.992. The van der Waals surface area contributed by atoms with Gasteiger partial charge in [-0.2, -0.15) is 0 Å². The number of benzene rings is 1. The third-order valence-corrected chi connectivity index (χ3v) is 5.39. The number of amides is 1. The van der Waals surface area contributed by atoms with Gasteiger partial charge in [-0.05, 0) is 23.9 Å². The maximum absolute atomic E-state index is 11.9. The number of ether oxygens (including phenoxy) is 1. The van der Waals surface area contributed by atoms with Crippen molar-refractivity contribution in [1.82, 2.24) is 15.3 Å². The molecule has 0 saturated carbocycles. The number of fused-ring (bicyclic) bond motifs is 1. The largest absolute Gasteiger partial charge is 0.455 e. The van der Waals surface area contributed by atoms with E-state index in [9.17, 15) is 9.59 Å². The first kappa shape index (κ1) is 18.3. The minimum atomic E-state index is -0.459. The fraction of sp³-hybridized carbons (Fsp3) is 0.222. The zero-order chi connectivity index (χ0) is 18.4. The lowest BCUT2D eigenvalue weighted by molar-refractivity contribution is -0.146. The van der Waals surface area contributed by atoms with Gasteiger partial charge in [0, 0.05) is 5.39 Å². The molecule has 0 fully saturated rings. The Kier molecular flexibility index (Phi) is 6.19. The van der Waals surface area contributed by atoms with E-state index >= 15 is 0 Å². The number of nitrogens with zero attached hydrogens (tertiary/aromatic N) is 2. The molecule has 6 nitrogen and oxygen atoms in total. The second-order valence-electron chi connectivity index (χ2n) is 5.47. The molecule has 26 heavy (non-hydrogen) atoms. The Morgan fingerprint density at radius 1 is 1.23 bits per heavy atom. The standard InChI is InChI=1S/C18H17N3O3S2/c1-12(13-5-3-2-4-6-13)21-15(22)9-24-16(23)10-26-18-14-7-8-25-17(14)19-11-20-18/h2-8,11-12H,9-10H2,1H3,(H,21,22)/t12-/m0/s1. The SMILES string of the molecule is C[C@H](NC(=O)COC(=O)CSc1ncnc2sccc12)c1ccccc1. The Morgan fingerprint density at radius 3 is 2.85 bits per heavy atom. The second kappa shape index (κ2) is 8.77. The highest BCUT2D eigenvalue weighted by atomic mass is 32.2. The number of esters is 1. The minimum Gasteiger partial charge on any atom is -0.455 e. The van der Waals surface area contributed by atoms with Crippen LogP contribution in [0.5, 0.6) is 0 Å². The summed E-state index contributed by atoms with van der Waals surface area (Å²) in [5, 5.41) is 6.39. The monoisotopic (exact) mass is 387 g/mol. The van der Waals surface area contributed by atoms with Crippen LogP contribution in [0.2, 0.25) is 0 Å². The van der Waals surface area contributed by atoms with Crippen molar-refractivity contribution in [2.24, 2.45) is 0 Å². The van der Waals surface area contributed by atoms with E-state index in [1.165, 1.54) is 29.4 Å². The third kappa shape index (κ3) is 4.80. The van der Waals surface area contributed by atoms with Gasteiger partial charge in [0.05, 0.1) is 11.8 Å². The summed E-state index contributed by atoms with van der Waals surface area (Å²) in [6.45, 7) is 1.58. The molecule has 3 aromatic rings. The van der Waals surface area contributed by atoms with Gasteiger partial charge in [-0.15, -0.1) is 11.3 Å². The highest BCUT2D eigenvalue weighted by Crippen LogP contribution is 2.27. The van der Waals surface area contributed by atoms with E-state index in [0.717, 1.165) is 20.8 Å². The molecule has 2 heterocycles. The Labute approximate surface area is 159 Å². The smallest absolute Gasteiger partial charge is 0.316 e. The van der Waals surface area contributed by atoms with E-state index < -0.39 is 5.97 Å². The fourth-order valence-corrected chi connectivity index (χ4v) is 3.88. The topological polar surface area (TPSA) is 81.2 Å². The van der Waals surface area contributed by atoms with Crippen molar-refractivity contribution in [2.75, 3.05) is 12.4 Å². The van der Waals surface area contributed by atoms with E-state index in [0.29, 0.717) is 0 Å². The normalized spacial score (nSPS) is 11.9. The summed E-state index contributed by atoms with van der Waals surface area (Å²) < 4.78 is 5.04. The predicted octanol–water partition coefficient (Wildman–Crippen LogP) is 3.20. The first-order valence-electron chi connectivity index (χ1n) is 7.94. The van der Waals surface area contributed by atoms with Gasteiger partial charge in [0.1, 0.15) is 16.2 Å². The molecule has 1 atom stereocenters. The lowest BCUT2D eigenvalue weighted by atomic mass is 10.1. The van der Waals surface area contributed by atoms with Crippen LogP contribution in [0.1, 0.15) is 18.5 Å². The highest BCUT2D eigenvalue weighted by Gasteiger charge is 2.13. The minimum absolute atomic E-state index is 0.0868.